The fourth-order valence-electron chi connectivity index (χ4n) is 3.38. The third-order valence-electron chi connectivity index (χ3n) is 4.77. The average Bonchev–Trinajstić information content (AvgIpc) is 2.67. The zero-order valence-corrected chi connectivity index (χ0v) is 15.8. The molecule has 26 heavy (non-hydrogen) atoms. The van der Waals surface area contributed by atoms with Gasteiger partial charge in [-0.15, -0.1) is 11.8 Å². The topological polar surface area (TPSA) is 58.6 Å². The van der Waals surface area contributed by atoms with Crippen molar-refractivity contribution in [3.63, 3.8) is 0 Å². The summed E-state index contributed by atoms with van der Waals surface area (Å²) in [6.45, 7) is 0.247. The summed E-state index contributed by atoms with van der Waals surface area (Å²) in [5.41, 5.74) is 2.21. The second-order valence-electron chi connectivity index (χ2n) is 6.66. The van der Waals surface area contributed by atoms with Crippen molar-refractivity contribution < 1.29 is 14.6 Å². The standard InChI is InChI=1S/C21H25NO3S/c1-25-18-9-10-19-17(12-18)8-5-11-21(19,24)15-22-20(23)14-26-13-16-6-3-2-4-7-16/h2-4,6-7,9-10,12,24H,5,8,11,13-15H2,1H3,(H,22,23)/t21-/m0/s1. The predicted molar refractivity (Wildman–Crippen MR) is 105 cm³/mol. The van der Waals surface area contributed by atoms with E-state index in [-0.39, 0.29) is 12.5 Å². The van der Waals surface area contributed by atoms with Gasteiger partial charge in [0.05, 0.1) is 19.4 Å². The van der Waals surface area contributed by atoms with Crippen LogP contribution in [0.4, 0.5) is 0 Å². The van der Waals surface area contributed by atoms with Gasteiger partial charge in [0.25, 0.3) is 0 Å². The maximum Gasteiger partial charge on any atom is 0.230 e. The molecule has 0 bridgehead atoms. The summed E-state index contributed by atoms with van der Waals surface area (Å²) in [5.74, 6) is 1.95. The molecule has 0 aliphatic heterocycles. The van der Waals surface area contributed by atoms with Crippen LogP contribution < -0.4 is 10.1 Å². The first kappa shape index (κ1) is 18.8. The Labute approximate surface area is 159 Å². The molecular weight excluding hydrogens is 346 g/mol. The van der Waals surface area contributed by atoms with Crippen LogP contribution in [-0.4, -0.2) is 30.4 Å². The summed E-state index contributed by atoms with van der Waals surface area (Å²) in [6, 6.07) is 15.9. The largest absolute Gasteiger partial charge is 0.497 e. The lowest BCUT2D eigenvalue weighted by Gasteiger charge is -2.35. The zero-order valence-electron chi connectivity index (χ0n) is 15.0. The molecule has 0 heterocycles. The molecule has 0 fully saturated rings. The number of fused-ring (bicyclic) bond motifs is 1. The summed E-state index contributed by atoms with van der Waals surface area (Å²) in [6.07, 6.45) is 2.48. The number of methoxy groups -OCH3 is 1. The van der Waals surface area contributed by atoms with Gasteiger partial charge in [-0.1, -0.05) is 36.4 Å². The van der Waals surface area contributed by atoms with Crippen molar-refractivity contribution >= 4 is 17.7 Å². The summed E-state index contributed by atoms with van der Waals surface area (Å²) in [7, 11) is 1.64. The van der Waals surface area contributed by atoms with Crippen LogP contribution >= 0.6 is 11.8 Å². The molecule has 0 saturated heterocycles. The number of hydrogen-bond acceptors (Lipinski definition) is 4. The van der Waals surface area contributed by atoms with Crippen LogP contribution in [0.5, 0.6) is 5.75 Å². The number of benzene rings is 2. The molecule has 0 saturated carbocycles. The van der Waals surface area contributed by atoms with Gasteiger partial charge >= 0.3 is 0 Å². The first-order valence-corrected chi connectivity index (χ1v) is 10.0. The minimum Gasteiger partial charge on any atom is -0.497 e. The maximum atomic E-state index is 12.2. The van der Waals surface area contributed by atoms with E-state index in [4.69, 9.17) is 4.74 Å². The van der Waals surface area contributed by atoms with E-state index in [1.54, 1.807) is 18.9 Å². The Bertz CT molecular complexity index is 750. The third kappa shape index (κ3) is 4.59. The van der Waals surface area contributed by atoms with Crippen LogP contribution in [0.1, 0.15) is 29.5 Å². The quantitative estimate of drug-likeness (QED) is 0.784. The fraction of sp³-hybridized carbons (Fsp3) is 0.381. The number of hydrogen-bond donors (Lipinski definition) is 2. The molecule has 2 aromatic carbocycles. The van der Waals surface area contributed by atoms with Crippen molar-refractivity contribution in [3.8, 4) is 5.75 Å². The van der Waals surface area contributed by atoms with E-state index in [1.807, 2.05) is 36.4 Å². The van der Waals surface area contributed by atoms with Gasteiger partial charge in [-0.3, -0.25) is 4.79 Å². The third-order valence-corrected chi connectivity index (χ3v) is 5.78. The molecule has 0 aromatic heterocycles. The Kier molecular flexibility index (Phi) is 6.22. The second-order valence-corrected chi connectivity index (χ2v) is 7.65. The Balaban J connectivity index is 1.53. The molecular formula is C21H25NO3S. The van der Waals surface area contributed by atoms with Crippen molar-refractivity contribution in [2.45, 2.75) is 30.6 Å². The lowest BCUT2D eigenvalue weighted by Crippen LogP contribution is -2.43. The van der Waals surface area contributed by atoms with Crippen molar-refractivity contribution in [1.82, 2.24) is 5.32 Å². The number of aryl methyl sites for hydroxylation is 1. The number of ether oxygens (including phenoxy) is 1. The number of amides is 1. The minimum atomic E-state index is -1.00. The SMILES string of the molecule is COc1ccc2c(c1)CCC[C@]2(O)CNC(=O)CSCc1ccccc1. The molecule has 2 aromatic rings. The molecule has 5 heteroatoms. The highest BCUT2D eigenvalue weighted by Gasteiger charge is 2.34. The Morgan fingerprint density at radius 2 is 2.08 bits per heavy atom. The van der Waals surface area contributed by atoms with Crippen molar-refractivity contribution in [2.75, 3.05) is 19.4 Å². The van der Waals surface area contributed by atoms with E-state index in [0.717, 1.165) is 35.5 Å². The maximum absolute atomic E-state index is 12.2. The lowest BCUT2D eigenvalue weighted by molar-refractivity contribution is -0.120. The van der Waals surface area contributed by atoms with E-state index in [1.165, 1.54) is 5.56 Å². The van der Waals surface area contributed by atoms with E-state index in [0.29, 0.717) is 12.2 Å². The predicted octanol–water partition coefficient (Wildman–Crippen LogP) is 3.27. The smallest absolute Gasteiger partial charge is 0.230 e. The molecule has 0 spiro atoms. The van der Waals surface area contributed by atoms with E-state index < -0.39 is 5.60 Å². The van der Waals surface area contributed by atoms with Crippen molar-refractivity contribution in [2.24, 2.45) is 0 Å². The van der Waals surface area contributed by atoms with E-state index in [9.17, 15) is 9.90 Å². The number of rotatable bonds is 7. The second kappa shape index (κ2) is 8.60. The Morgan fingerprint density at radius 1 is 1.27 bits per heavy atom. The lowest BCUT2D eigenvalue weighted by atomic mass is 9.79. The summed E-state index contributed by atoms with van der Waals surface area (Å²) < 4.78 is 5.27. The molecule has 2 N–H and O–H groups in total. The van der Waals surface area contributed by atoms with Gasteiger partial charge < -0.3 is 15.2 Å². The first-order chi connectivity index (χ1) is 12.6. The average molecular weight is 372 g/mol. The van der Waals surface area contributed by atoms with E-state index >= 15 is 0 Å². The van der Waals surface area contributed by atoms with Crippen molar-refractivity contribution in [3.05, 3.63) is 65.2 Å². The molecule has 1 aliphatic rings. The normalized spacial score (nSPS) is 18.8. The molecule has 0 radical (unpaired) electrons. The molecule has 1 amide bonds. The van der Waals surface area contributed by atoms with Gasteiger partial charge in [0, 0.05) is 5.75 Å². The summed E-state index contributed by atoms with van der Waals surface area (Å²) in [5, 5.41) is 14.0. The molecule has 1 atom stereocenters. The van der Waals surface area contributed by atoms with E-state index in [2.05, 4.69) is 17.4 Å². The number of thioether (sulfide) groups is 1. The highest BCUT2D eigenvalue weighted by molar-refractivity contribution is 7.99. The number of carbonyl (C=O) groups is 1. The summed E-state index contributed by atoms with van der Waals surface area (Å²) in [4.78, 5) is 12.2. The number of carbonyl (C=O) groups excluding carboxylic acids is 1. The monoisotopic (exact) mass is 371 g/mol. The highest BCUT2D eigenvalue weighted by Crippen LogP contribution is 2.36. The minimum absolute atomic E-state index is 0.0417. The number of nitrogens with one attached hydrogen (secondary N) is 1. The number of aliphatic hydroxyl groups is 1. The Hall–Kier alpha value is -1.98. The Morgan fingerprint density at radius 3 is 2.85 bits per heavy atom. The first-order valence-electron chi connectivity index (χ1n) is 8.89. The summed E-state index contributed by atoms with van der Waals surface area (Å²) >= 11 is 1.58. The molecule has 138 valence electrons. The van der Waals surface area contributed by atoms with Crippen LogP contribution in [0.2, 0.25) is 0 Å². The van der Waals surface area contributed by atoms with Gasteiger partial charge in [-0.05, 0) is 48.1 Å². The molecule has 1 aliphatic carbocycles. The van der Waals surface area contributed by atoms with Gasteiger partial charge in [-0.2, -0.15) is 0 Å². The van der Waals surface area contributed by atoms with Crippen LogP contribution in [0, 0.1) is 0 Å². The van der Waals surface area contributed by atoms with Crippen molar-refractivity contribution in [1.29, 1.82) is 0 Å². The fourth-order valence-corrected chi connectivity index (χ4v) is 4.20. The van der Waals surface area contributed by atoms with Crippen LogP contribution in [0.15, 0.2) is 48.5 Å². The highest BCUT2D eigenvalue weighted by atomic mass is 32.2. The molecule has 3 rings (SSSR count). The van der Waals surface area contributed by atoms with Crippen LogP contribution in [0.25, 0.3) is 0 Å². The van der Waals surface area contributed by atoms with Gasteiger partial charge in [0.2, 0.25) is 5.91 Å². The molecule has 0 unspecified atom stereocenters. The van der Waals surface area contributed by atoms with Crippen LogP contribution in [0.3, 0.4) is 0 Å². The molecule has 4 nitrogen and oxygen atoms in total. The van der Waals surface area contributed by atoms with Gasteiger partial charge in [-0.25, -0.2) is 0 Å². The van der Waals surface area contributed by atoms with Gasteiger partial charge in [0.1, 0.15) is 11.4 Å². The van der Waals surface area contributed by atoms with Crippen LogP contribution in [-0.2, 0) is 22.6 Å². The zero-order chi connectivity index (χ0) is 18.4. The van der Waals surface area contributed by atoms with Gasteiger partial charge in [0.15, 0.2) is 0 Å².